The van der Waals surface area contributed by atoms with Gasteiger partial charge in [0.25, 0.3) is 0 Å². The van der Waals surface area contributed by atoms with E-state index in [1.54, 1.807) is 6.07 Å². The molecule has 110 valence electrons. The second kappa shape index (κ2) is 6.55. The fraction of sp³-hybridized carbons (Fsp3) is 0.625. The molecule has 3 nitrogen and oxygen atoms in total. The summed E-state index contributed by atoms with van der Waals surface area (Å²) in [6.45, 7) is 5.14. The van der Waals surface area contributed by atoms with E-state index in [0.717, 1.165) is 43.9 Å². The van der Waals surface area contributed by atoms with Crippen LogP contribution in [0.4, 0.5) is 10.1 Å². The van der Waals surface area contributed by atoms with Crippen LogP contribution in [0, 0.1) is 11.7 Å². The zero-order chi connectivity index (χ0) is 13.8. The number of benzene rings is 1. The average molecular weight is 278 g/mol. The van der Waals surface area contributed by atoms with Gasteiger partial charge in [-0.2, -0.15) is 0 Å². The first-order valence-corrected chi connectivity index (χ1v) is 7.65. The van der Waals surface area contributed by atoms with E-state index >= 15 is 0 Å². The van der Waals surface area contributed by atoms with Gasteiger partial charge in [-0.3, -0.25) is 0 Å². The highest BCUT2D eigenvalue weighted by Crippen LogP contribution is 2.24. The van der Waals surface area contributed by atoms with Crippen molar-refractivity contribution in [3.05, 3.63) is 29.6 Å². The van der Waals surface area contributed by atoms with Crippen LogP contribution in [0.15, 0.2) is 18.2 Å². The third kappa shape index (κ3) is 3.30. The highest BCUT2D eigenvalue weighted by molar-refractivity contribution is 5.49. The largest absolute Gasteiger partial charge is 0.378 e. The van der Waals surface area contributed by atoms with Crippen molar-refractivity contribution >= 4 is 5.69 Å². The molecule has 0 atom stereocenters. The van der Waals surface area contributed by atoms with E-state index in [9.17, 15) is 4.39 Å². The Morgan fingerprint density at radius 1 is 1.20 bits per heavy atom. The Balaban J connectivity index is 1.66. The van der Waals surface area contributed by atoms with Crippen molar-refractivity contribution in [1.82, 2.24) is 5.32 Å². The molecular formula is C16H23FN2O. The van der Waals surface area contributed by atoms with Crippen LogP contribution in [-0.4, -0.2) is 39.4 Å². The van der Waals surface area contributed by atoms with Crippen LogP contribution in [0.1, 0.15) is 18.4 Å². The fourth-order valence-electron chi connectivity index (χ4n) is 3.16. The summed E-state index contributed by atoms with van der Waals surface area (Å²) in [5, 5.41) is 3.37. The van der Waals surface area contributed by atoms with Crippen molar-refractivity contribution in [3.8, 4) is 0 Å². The second-order valence-corrected chi connectivity index (χ2v) is 5.78. The first-order valence-electron chi connectivity index (χ1n) is 7.65. The lowest BCUT2D eigenvalue weighted by Gasteiger charge is -2.29. The molecule has 2 saturated heterocycles. The molecule has 0 saturated carbocycles. The molecular weight excluding hydrogens is 255 g/mol. The lowest BCUT2D eigenvalue weighted by molar-refractivity contribution is 0.122. The molecule has 2 fully saturated rings. The highest BCUT2D eigenvalue weighted by Gasteiger charge is 2.17. The van der Waals surface area contributed by atoms with Crippen molar-refractivity contribution in [2.75, 3.05) is 44.3 Å². The van der Waals surface area contributed by atoms with Gasteiger partial charge in [0.2, 0.25) is 0 Å². The van der Waals surface area contributed by atoms with Crippen molar-refractivity contribution in [2.24, 2.45) is 5.92 Å². The van der Waals surface area contributed by atoms with Crippen molar-refractivity contribution < 1.29 is 9.13 Å². The Kier molecular flexibility index (Phi) is 4.53. The number of hydrogen-bond donors (Lipinski definition) is 1. The molecule has 0 bridgehead atoms. The van der Waals surface area contributed by atoms with Crippen molar-refractivity contribution in [3.63, 3.8) is 0 Å². The monoisotopic (exact) mass is 278 g/mol. The number of hydrogen-bond acceptors (Lipinski definition) is 3. The number of piperidine rings is 1. The summed E-state index contributed by atoms with van der Waals surface area (Å²) in [4.78, 5) is 2.08. The van der Waals surface area contributed by atoms with Gasteiger partial charge in [0.1, 0.15) is 5.82 Å². The summed E-state index contributed by atoms with van der Waals surface area (Å²) >= 11 is 0. The van der Waals surface area contributed by atoms with Gasteiger partial charge in [0.05, 0.1) is 18.9 Å². The molecule has 0 spiro atoms. The third-order valence-corrected chi connectivity index (χ3v) is 4.35. The summed E-state index contributed by atoms with van der Waals surface area (Å²) in [5.41, 5.74) is 1.86. The Hall–Kier alpha value is -1.13. The van der Waals surface area contributed by atoms with Gasteiger partial charge < -0.3 is 15.0 Å². The van der Waals surface area contributed by atoms with Gasteiger partial charge >= 0.3 is 0 Å². The van der Waals surface area contributed by atoms with Gasteiger partial charge in [0, 0.05) is 13.1 Å². The predicted molar refractivity (Wildman–Crippen MR) is 78.7 cm³/mol. The molecule has 2 heterocycles. The topological polar surface area (TPSA) is 24.5 Å². The van der Waals surface area contributed by atoms with E-state index in [0.29, 0.717) is 19.1 Å². The van der Waals surface area contributed by atoms with Crippen LogP contribution in [0.2, 0.25) is 0 Å². The minimum absolute atomic E-state index is 0.0849. The maximum atomic E-state index is 14.3. The standard InChI is InChI=1S/C16H23FN2O/c17-15-12-14(11-13-3-5-18-6-4-13)1-2-16(15)19-7-9-20-10-8-19/h1-2,12-13,18H,3-11H2. The van der Waals surface area contributed by atoms with Gasteiger partial charge in [-0.05, 0) is 56.0 Å². The van der Waals surface area contributed by atoms with E-state index < -0.39 is 0 Å². The lowest BCUT2D eigenvalue weighted by atomic mass is 9.91. The lowest BCUT2D eigenvalue weighted by Crippen LogP contribution is -2.36. The van der Waals surface area contributed by atoms with Crippen LogP contribution in [-0.2, 0) is 11.2 Å². The molecule has 1 aromatic rings. The number of rotatable bonds is 3. The smallest absolute Gasteiger partial charge is 0.146 e. The summed E-state index contributed by atoms with van der Waals surface area (Å²) in [6, 6.07) is 5.76. The van der Waals surface area contributed by atoms with E-state index in [-0.39, 0.29) is 5.82 Å². The molecule has 1 N–H and O–H groups in total. The number of nitrogens with zero attached hydrogens (tertiary/aromatic N) is 1. The minimum atomic E-state index is -0.0849. The molecule has 0 amide bonds. The number of morpholine rings is 1. The van der Waals surface area contributed by atoms with Crippen LogP contribution in [0.25, 0.3) is 0 Å². The summed E-state index contributed by atoms with van der Waals surface area (Å²) in [6.07, 6.45) is 3.40. The summed E-state index contributed by atoms with van der Waals surface area (Å²) in [5.74, 6) is 0.614. The molecule has 0 aromatic heterocycles. The first-order chi connectivity index (χ1) is 9.83. The minimum Gasteiger partial charge on any atom is -0.378 e. The van der Waals surface area contributed by atoms with Gasteiger partial charge in [-0.15, -0.1) is 0 Å². The van der Waals surface area contributed by atoms with Crippen LogP contribution in [0.3, 0.4) is 0 Å². The maximum Gasteiger partial charge on any atom is 0.146 e. The van der Waals surface area contributed by atoms with E-state index in [2.05, 4.69) is 16.3 Å². The Bertz CT molecular complexity index is 440. The molecule has 4 heteroatoms. The Labute approximate surface area is 120 Å². The number of halogens is 1. The third-order valence-electron chi connectivity index (χ3n) is 4.35. The molecule has 0 radical (unpaired) electrons. The van der Waals surface area contributed by atoms with Crippen molar-refractivity contribution in [2.45, 2.75) is 19.3 Å². The summed E-state index contributed by atoms with van der Waals surface area (Å²) < 4.78 is 19.6. The predicted octanol–water partition coefficient (Wildman–Crippen LogP) is 2.20. The average Bonchev–Trinajstić information content (AvgIpc) is 2.49. The zero-order valence-corrected chi connectivity index (χ0v) is 11.9. The van der Waals surface area contributed by atoms with Crippen molar-refractivity contribution in [1.29, 1.82) is 0 Å². The van der Waals surface area contributed by atoms with Gasteiger partial charge in [0.15, 0.2) is 0 Å². The Morgan fingerprint density at radius 3 is 2.65 bits per heavy atom. The molecule has 1 aromatic carbocycles. The van der Waals surface area contributed by atoms with Crippen LogP contribution in [0.5, 0.6) is 0 Å². The Morgan fingerprint density at radius 2 is 1.95 bits per heavy atom. The molecule has 2 aliphatic rings. The zero-order valence-electron chi connectivity index (χ0n) is 11.9. The van der Waals surface area contributed by atoms with Gasteiger partial charge in [-0.25, -0.2) is 4.39 Å². The van der Waals surface area contributed by atoms with E-state index in [1.807, 2.05) is 6.07 Å². The SMILES string of the molecule is Fc1cc(CC2CCNCC2)ccc1N1CCOCC1. The van der Waals surface area contributed by atoms with E-state index in [4.69, 9.17) is 4.74 Å². The van der Waals surface area contributed by atoms with Crippen LogP contribution < -0.4 is 10.2 Å². The molecule has 20 heavy (non-hydrogen) atoms. The second-order valence-electron chi connectivity index (χ2n) is 5.78. The molecule has 0 aliphatic carbocycles. The quantitative estimate of drug-likeness (QED) is 0.917. The molecule has 3 rings (SSSR count). The number of anilines is 1. The van der Waals surface area contributed by atoms with E-state index in [1.165, 1.54) is 12.8 Å². The summed E-state index contributed by atoms with van der Waals surface area (Å²) in [7, 11) is 0. The first kappa shape index (κ1) is 13.8. The molecule has 0 unspecified atom stereocenters. The fourth-order valence-corrected chi connectivity index (χ4v) is 3.16. The normalized spacial score (nSPS) is 21.1. The number of ether oxygens (including phenoxy) is 1. The highest BCUT2D eigenvalue weighted by atomic mass is 19.1. The maximum absolute atomic E-state index is 14.3. The molecule has 2 aliphatic heterocycles. The van der Waals surface area contributed by atoms with Gasteiger partial charge in [-0.1, -0.05) is 6.07 Å². The van der Waals surface area contributed by atoms with Crippen LogP contribution >= 0.6 is 0 Å². The number of nitrogens with one attached hydrogen (secondary N) is 1.